The molecule has 1 aromatic heterocycles. The molecule has 1 aliphatic heterocycles. The zero-order valence-electron chi connectivity index (χ0n) is 16.0. The summed E-state index contributed by atoms with van der Waals surface area (Å²) in [5, 5.41) is 11.8. The second-order valence-electron chi connectivity index (χ2n) is 7.29. The number of rotatable bonds is 5. The van der Waals surface area contributed by atoms with Gasteiger partial charge in [0, 0.05) is 37.9 Å². The molecule has 144 valence electrons. The van der Waals surface area contributed by atoms with Crippen molar-refractivity contribution in [2.45, 2.75) is 38.1 Å². The Morgan fingerprint density at radius 1 is 0.963 bits per heavy atom. The topological polar surface area (TPSA) is 66.4 Å². The standard InChI is InChI=1S/C20H28N6O/c1-27-18-9-7-17(8-10-18)25-11-13-26(14-12-25)19-15-21-24-20(23-19)22-16-5-3-2-4-6-16/h7-10,15-16H,2-6,11-14H2,1H3,(H,22,23,24). The summed E-state index contributed by atoms with van der Waals surface area (Å²) in [4.78, 5) is 9.40. The van der Waals surface area contributed by atoms with Crippen molar-refractivity contribution in [3.05, 3.63) is 30.5 Å². The molecule has 0 spiro atoms. The minimum Gasteiger partial charge on any atom is -0.497 e. The number of hydrogen-bond donors (Lipinski definition) is 1. The van der Waals surface area contributed by atoms with Gasteiger partial charge in [0.2, 0.25) is 5.95 Å². The van der Waals surface area contributed by atoms with E-state index in [4.69, 9.17) is 9.72 Å². The first kappa shape index (κ1) is 17.8. The molecule has 2 aliphatic rings. The van der Waals surface area contributed by atoms with Gasteiger partial charge in [-0.2, -0.15) is 10.1 Å². The Labute approximate surface area is 160 Å². The summed E-state index contributed by atoms with van der Waals surface area (Å²) < 4.78 is 5.24. The highest BCUT2D eigenvalue weighted by atomic mass is 16.5. The van der Waals surface area contributed by atoms with E-state index in [9.17, 15) is 0 Å². The van der Waals surface area contributed by atoms with Gasteiger partial charge in [-0.15, -0.1) is 5.10 Å². The lowest BCUT2D eigenvalue weighted by Crippen LogP contribution is -2.47. The van der Waals surface area contributed by atoms with Gasteiger partial charge in [0.05, 0.1) is 13.3 Å². The Balaban J connectivity index is 1.35. The van der Waals surface area contributed by atoms with Crippen molar-refractivity contribution >= 4 is 17.5 Å². The third kappa shape index (κ3) is 4.40. The lowest BCUT2D eigenvalue weighted by Gasteiger charge is -2.36. The third-order valence-corrected chi connectivity index (χ3v) is 5.53. The molecule has 0 radical (unpaired) electrons. The van der Waals surface area contributed by atoms with Crippen molar-refractivity contribution < 1.29 is 4.74 Å². The Bertz CT molecular complexity index is 724. The summed E-state index contributed by atoms with van der Waals surface area (Å²) in [6.07, 6.45) is 8.10. The van der Waals surface area contributed by atoms with Gasteiger partial charge in [0.15, 0.2) is 5.82 Å². The first-order valence-electron chi connectivity index (χ1n) is 9.92. The van der Waals surface area contributed by atoms with Crippen LogP contribution in [-0.4, -0.2) is 54.5 Å². The Hall–Kier alpha value is -2.57. The lowest BCUT2D eigenvalue weighted by molar-refractivity contribution is 0.415. The monoisotopic (exact) mass is 368 g/mol. The summed E-state index contributed by atoms with van der Waals surface area (Å²) in [7, 11) is 1.70. The minimum absolute atomic E-state index is 0.489. The van der Waals surface area contributed by atoms with Gasteiger partial charge in [-0.05, 0) is 37.1 Å². The summed E-state index contributed by atoms with van der Waals surface area (Å²) in [5.41, 5.74) is 1.23. The summed E-state index contributed by atoms with van der Waals surface area (Å²) >= 11 is 0. The van der Waals surface area contributed by atoms with E-state index in [1.54, 1.807) is 13.3 Å². The molecule has 1 aliphatic carbocycles. The molecule has 2 fully saturated rings. The van der Waals surface area contributed by atoms with E-state index in [2.05, 4.69) is 37.4 Å². The molecule has 0 amide bonds. The van der Waals surface area contributed by atoms with Crippen LogP contribution in [0.1, 0.15) is 32.1 Å². The van der Waals surface area contributed by atoms with Crippen LogP contribution >= 0.6 is 0 Å². The number of ether oxygens (including phenoxy) is 1. The normalized spacial score (nSPS) is 18.4. The van der Waals surface area contributed by atoms with E-state index in [1.165, 1.54) is 37.8 Å². The van der Waals surface area contributed by atoms with Crippen molar-refractivity contribution in [3.8, 4) is 5.75 Å². The molecule has 0 unspecified atom stereocenters. The van der Waals surface area contributed by atoms with E-state index in [1.807, 2.05) is 12.1 Å². The van der Waals surface area contributed by atoms with E-state index >= 15 is 0 Å². The largest absolute Gasteiger partial charge is 0.497 e. The Morgan fingerprint density at radius 2 is 1.67 bits per heavy atom. The smallest absolute Gasteiger partial charge is 0.244 e. The SMILES string of the molecule is COc1ccc(N2CCN(c3cnnc(NC4CCCCC4)n3)CC2)cc1. The summed E-state index contributed by atoms with van der Waals surface area (Å²) in [6, 6.07) is 8.75. The molecule has 0 atom stereocenters. The highest BCUT2D eigenvalue weighted by molar-refractivity contribution is 5.51. The molecule has 1 aromatic carbocycles. The van der Waals surface area contributed by atoms with Crippen molar-refractivity contribution in [1.29, 1.82) is 0 Å². The Kier molecular flexibility index (Phi) is 5.55. The van der Waals surface area contributed by atoms with Crippen LogP contribution in [0.25, 0.3) is 0 Å². The van der Waals surface area contributed by atoms with Gasteiger partial charge in [-0.1, -0.05) is 19.3 Å². The lowest BCUT2D eigenvalue weighted by atomic mass is 9.96. The van der Waals surface area contributed by atoms with Gasteiger partial charge < -0.3 is 19.9 Å². The van der Waals surface area contributed by atoms with Crippen LogP contribution in [-0.2, 0) is 0 Å². The maximum Gasteiger partial charge on any atom is 0.244 e. The fourth-order valence-electron chi connectivity index (χ4n) is 3.92. The number of nitrogens with one attached hydrogen (secondary N) is 1. The van der Waals surface area contributed by atoms with Crippen molar-refractivity contribution in [2.24, 2.45) is 0 Å². The van der Waals surface area contributed by atoms with Gasteiger partial charge in [0.25, 0.3) is 0 Å². The van der Waals surface area contributed by atoms with E-state index < -0.39 is 0 Å². The first-order chi connectivity index (χ1) is 13.3. The molecule has 1 N–H and O–H groups in total. The second kappa shape index (κ2) is 8.41. The van der Waals surface area contributed by atoms with Gasteiger partial charge in [-0.25, -0.2) is 0 Å². The fraction of sp³-hybridized carbons (Fsp3) is 0.550. The highest BCUT2D eigenvalue weighted by Gasteiger charge is 2.20. The number of aromatic nitrogens is 3. The Morgan fingerprint density at radius 3 is 2.37 bits per heavy atom. The maximum absolute atomic E-state index is 5.24. The molecule has 4 rings (SSSR count). The molecule has 2 heterocycles. The van der Waals surface area contributed by atoms with Crippen LogP contribution in [0, 0.1) is 0 Å². The number of methoxy groups -OCH3 is 1. The van der Waals surface area contributed by atoms with Crippen LogP contribution in [0.4, 0.5) is 17.5 Å². The predicted molar refractivity (Wildman–Crippen MR) is 108 cm³/mol. The second-order valence-corrected chi connectivity index (χ2v) is 7.29. The zero-order chi connectivity index (χ0) is 18.5. The molecule has 2 aromatic rings. The number of anilines is 3. The van der Waals surface area contributed by atoms with Crippen molar-refractivity contribution in [3.63, 3.8) is 0 Å². The van der Waals surface area contributed by atoms with Crippen LogP contribution in [0.2, 0.25) is 0 Å². The molecule has 0 bridgehead atoms. The van der Waals surface area contributed by atoms with E-state index in [0.29, 0.717) is 12.0 Å². The third-order valence-electron chi connectivity index (χ3n) is 5.53. The van der Waals surface area contributed by atoms with Gasteiger partial charge in [-0.3, -0.25) is 0 Å². The zero-order valence-corrected chi connectivity index (χ0v) is 16.0. The minimum atomic E-state index is 0.489. The predicted octanol–water partition coefficient (Wildman–Crippen LogP) is 2.95. The van der Waals surface area contributed by atoms with Gasteiger partial charge in [0.1, 0.15) is 5.75 Å². The van der Waals surface area contributed by atoms with Crippen LogP contribution in [0.15, 0.2) is 30.5 Å². The summed E-state index contributed by atoms with van der Waals surface area (Å²) in [6.45, 7) is 3.77. The molecule has 7 heteroatoms. The van der Waals surface area contributed by atoms with Gasteiger partial charge >= 0.3 is 0 Å². The number of benzene rings is 1. The van der Waals surface area contributed by atoms with Crippen LogP contribution in [0.5, 0.6) is 5.75 Å². The van der Waals surface area contributed by atoms with Crippen LogP contribution < -0.4 is 19.9 Å². The average molecular weight is 368 g/mol. The quantitative estimate of drug-likeness (QED) is 0.870. The molecule has 1 saturated heterocycles. The molecule has 27 heavy (non-hydrogen) atoms. The van der Waals surface area contributed by atoms with Crippen molar-refractivity contribution in [2.75, 3.05) is 48.4 Å². The van der Waals surface area contributed by atoms with Crippen molar-refractivity contribution in [1.82, 2.24) is 15.2 Å². The average Bonchev–Trinajstić information content (AvgIpc) is 2.75. The number of hydrogen-bond acceptors (Lipinski definition) is 7. The number of nitrogens with zero attached hydrogens (tertiary/aromatic N) is 5. The molecular formula is C20H28N6O. The molecular weight excluding hydrogens is 340 g/mol. The maximum atomic E-state index is 5.24. The first-order valence-corrected chi connectivity index (χ1v) is 9.92. The van der Waals surface area contributed by atoms with E-state index in [-0.39, 0.29) is 0 Å². The van der Waals surface area contributed by atoms with E-state index in [0.717, 1.165) is 37.7 Å². The fourth-order valence-corrected chi connectivity index (χ4v) is 3.92. The summed E-state index contributed by atoms with van der Waals surface area (Å²) in [5.74, 6) is 2.47. The number of piperazine rings is 1. The molecule has 7 nitrogen and oxygen atoms in total. The van der Waals surface area contributed by atoms with Crippen LogP contribution in [0.3, 0.4) is 0 Å². The highest BCUT2D eigenvalue weighted by Crippen LogP contribution is 2.23. The molecule has 1 saturated carbocycles.